The lowest BCUT2D eigenvalue weighted by Gasteiger charge is -2.10. The molecule has 0 aliphatic heterocycles. The summed E-state index contributed by atoms with van der Waals surface area (Å²) in [5.41, 5.74) is 3.70. The van der Waals surface area contributed by atoms with E-state index in [9.17, 15) is 9.59 Å². The number of ether oxygens (including phenoxy) is 2. The van der Waals surface area contributed by atoms with Crippen LogP contribution in [0.15, 0.2) is 74.6 Å². The molecule has 0 bridgehead atoms. The topological polar surface area (TPSA) is 124 Å². The molecule has 4 aromatic rings. The minimum Gasteiger partial charge on any atom is -0.493 e. The molecule has 0 spiro atoms. The molecule has 2 heterocycles. The molecule has 1 amide bonds. The van der Waals surface area contributed by atoms with E-state index in [2.05, 4.69) is 10.5 Å². The lowest BCUT2D eigenvalue weighted by Crippen LogP contribution is -2.16. The zero-order chi connectivity index (χ0) is 22.5. The molecule has 0 atom stereocenters. The average Bonchev–Trinajstić information content (AvgIpc) is 3.45. The van der Waals surface area contributed by atoms with Crippen molar-refractivity contribution < 1.29 is 33.0 Å². The Hall–Kier alpha value is -4.53. The van der Waals surface area contributed by atoms with Crippen molar-refractivity contribution in [1.82, 2.24) is 5.43 Å². The molecule has 0 fully saturated rings. The maximum absolute atomic E-state index is 12.2. The molecule has 0 saturated carbocycles. The van der Waals surface area contributed by atoms with Crippen molar-refractivity contribution >= 4 is 29.1 Å². The Morgan fingerprint density at radius 1 is 1.03 bits per heavy atom. The lowest BCUT2D eigenvalue weighted by molar-refractivity contribution is 0.0657. The van der Waals surface area contributed by atoms with Gasteiger partial charge in [-0.05, 0) is 48.0 Å². The van der Waals surface area contributed by atoms with E-state index in [-0.39, 0.29) is 18.1 Å². The summed E-state index contributed by atoms with van der Waals surface area (Å²) in [5, 5.41) is 13.7. The third kappa shape index (κ3) is 4.62. The third-order valence-electron chi connectivity index (χ3n) is 4.46. The number of benzene rings is 2. The average molecular weight is 434 g/mol. The minimum absolute atomic E-state index is 0.0324. The van der Waals surface area contributed by atoms with E-state index in [4.69, 9.17) is 23.4 Å². The van der Waals surface area contributed by atoms with E-state index in [0.29, 0.717) is 28.4 Å². The summed E-state index contributed by atoms with van der Waals surface area (Å²) in [7, 11) is 1.49. The van der Waals surface area contributed by atoms with Gasteiger partial charge in [0.15, 0.2) is 17.3 Å². The van der Waals surface area contributed by atoms with Crippen molar-refractivity contribution in [2.75, 3.05) is 7.11 Å². The highest BCUT2D eigenvalue weighted by molar-refractivity contribution is 5.96. The van der Waals surface area contributed by atoms with Gasteiger partial charge in [-0.2, -0.15) is 5.10 Å². The van der Waals surface area contributed by atoms with Crippen LogP contribution >= 0.6 is 0 Å². The number of carboxylic acid groups (broad SMARTS) is 1. The van der Waals surface area contributed by atoms with Crippen molar-refractivity contribution in [2.24, 2.45) is 5.10 Å². The molecule has 0 radical (unpaired) electrons. The summed E-state index contributed by atoms with van der Waals surface area (Å²) in [6.07, 6.45) is 1.46. The highest BCUT2D eigenvalue weighted by atomic mass is 16.5. The molecule has 9 heteroatoms. The van der Waals surface area contributed by atoms with E-state index in [1.165, 1.54) is 25.5 Å². The molecule has 2 N–H and O–H groups in total. The number of furan rings is 2. The summed E-state index contributed by atoms with van der Waals surface area (Å²) in [6.45, 7) is 0.0324. The first-order valence-corrected chi connectivity index (χ1v) is 9.48. The molecule has 0 aliphatic rings. The van der Waals surface area contributed by atoms with Gasteiger partial charge in [0.25, 0.3) is 0 Å². The van der Waals surface area contributed by atoms with Crippen LogP contribution in [0.1, 0.15) is 32.4 Å². The number of nitrogens with zero attached hydrogens (tertiary/aromatic N) is 1. The number of hydrazone groups is 1. The van der Waals surface area contributed by atoms with Gasteiger partial charge in [0, 0.05) is 5.39 Å². The predicted molar refractivity (Wildman–Crippen MR) is 114 cm³/mol. The molecule has 32 heavy (non-hydrogen) atoms. The highest BCUT2D eigenvalue weighted by Crippen LogP contribution is 2.28. The van der Waals surface area contributed by atoms with Gasteiger partial charge in [0.1, 0.15) is 18.0 Å². The summed E-state index contributed by atoms with van der Waals surface area (Å²) >= 11 is 0. The number of carboxylic acids is 1. The van der Waals surface area contributed by atoms with Gasteiger partial charge in [-0.1, -0.05) is 18.2 Å². The van der Waals surface area contributed by atoms with Gasteiger partial charge in [0.05, 0.1) is 13.3 Å². The molecule has 2 aromatic heterocycles. The largest absolute Gasteiger partial charge is 0.493 e. The maximum atomic E-state index is 12.2. The van der Waals surface area contributed by atoms with Gasteiger partial charge in [-0.15, -0.1) is 0 Å². The quantitative estimate of drug-likeness (QED) is 0.316. The first-order chi connectivity index (χ1) is 15.5. The van der Waals surface area contributed by atoms with Crippen molar-refractivity contribution in [3.63, 3.8) is 0 Å². The first-order valence-electron chi connectivity index (χ1n) is 9.48. The van der Waals surface area contributed by atoms with Crippen LogP contribution in [0, 0.1) is 0 Å². The molecular formula is C23H18N2O7. The monoisotopic (exact) mass is 434 g/mol. The zero-order valence-corrected chi connectivity index (χ0v) is 16.9. The molecule has 162 valence electrons. The fourth-order valence-electron chi connectivity index (χ4n) is 2.92. The molecule has 0 unspecified atom stereocenters. The van der Waals surface area contributed by atoms with Crippen molar-refractivity contribution in [2.45, 2.75) is 6.61 Å². The second-order valence-corrected chi connectivity index (χ2v) is 6.62. The summed E-state index contributed by atoms with van der Waals surface area (Å²) in [6, 6.07) is 16.9. The Balaban J connectivity index is 1.38. The van der Waals surface area contributed by atoms with Crippen LogP contribution in [0.5, 0.6) is 11.5 Å². The number of para-hydroxylation sites is 1. The summed E-state index contributed by atoms with van der Waals surface area (Å²) in [4.78, 5) is 23.1. The minimum atomic E-state index is -1.15. The smallest absolute Gasteiger partial charge is 0.371 e. The van der Waals surface area contributed by atoms with E-state index < -0.39 is 11.9 Å². The Kier molecular flexibility index (Phi) is 5.89. The summed E-state index contributed by atoms with van der Waals surface area (Å²) in [5.74, 6) is -0.385. The van der Waals surface area contributed by atoms with E-state index in [1.807, 2.05) is 18.2 Å². The van der Waals surface area contributed by atoms with E-state index >= 15 is 0 Å². The van der Waals surface area contributed by atoms with Crippen LogP contribution in [0.25, 0.3) is 11.0 Å². The normalized spacial score (nSPS) is 11.0. The highest BCUT2D eigenvalue weighted by Gasteiger charge is 2.12. The maximum Gasteiger partial charge on any atom is 0.371 e. The number of nitrogens with one attached hydrogen (secondary N) is 1. The number of hydrogen-bond donors (Lipinski definition) is 2. The van der Waals surface area contributed by atoms with Crippen LogP contribution in [0.2, 0.25) is 0 Å². The Morgan fingerprint density at radius 3 is 2.62 bits per heavy atom. The molecule has 0 aliphatic carbocycles. The number of carbonyl (C=O) groups is 2. The van der Waals surface area contributed by atoms with Crippen molar-refractivity contribution in [1.29, 1.82) is 0 Å². The fraction of sp³-hybridized carbons (Fsp3) is 0.0870. The predicted octanol–water partition coefficient (Wildman–Crippen LogP) is 4.08. The second-order valence-electron chi connectivity index (χ2n) is 6.62. The van der Waals surface area contributed by atoms with Gasteiger partial charge >= 0.3 is 11.9 Å². The number of amides is 1. The first kappa shape index (κ1) is 20.7. The molecule has 0 saturated heterocycles. The second kappa shape index (κ2) is 9.09. The van der Waals surface area contributed by atoms with E-state index in [1.54, 1.807) is 30.3 Å². The lowest BCUT2D eigenvalue weighted by atomic mass is 10.2. The Morgan fingerprint density at radius 2 is 1.88 bits per heavy atom. The SMILES string of the molecule is COc1cc(/C=N/NC(=O)c2cc3ccccc3o2)ccc1OCc1ccc(C(=O)O)o1. The Bertz CT molecular complexity index is 1270. The van der Waals surface area contributed by atoms with Crippen molar-refractivity contribution in [3.05, 3.63) is 83.5 Å². The van der Waals surface area contributed by atoms with Crippen LogP contribution in [-0.2, 0) is 6.61 Å². The molecule has 2 aromatic carbocycles. The number of fused-ring (bicyclic) bond motifs is 1. The van der Waals surface area contributed by atoms with Gasteiger partial charge in [-0.25, -0.2) is 10.2 Å². The zero-order valence-electron chi connectivity index (χ0n) is 16.9. The third-order valence-corrected chi connectivity index (χ3v) is 4.46. The number of methoxy groups -OCH3 is 1. The number of carbonyl (C=O) groups excluding carboxylic acids is 1. The van der Waals surface area contributed by atoms with Gasteiger partial charge < -0.3 is 23.4 Å². The summed E-state index contributed by atoms with van der Waals surface area (Å²) < 4.78 is 21.6. The van der Waals surface area contributed by atoms with Crippen LogP contribution in [0.4, 0.5) is 0 Å². The van der Waals surface area contributed by atoms with Crippen LogP contribution < -0.4 is 14.9 Å². The molecule has 4 rings (SSSR count). The molecular weight excluding hydrogens is 416 g/mol. The number of aromatic carboxylic acids is 1. The van der Waals surface area contributed by atoms with Crippen LogP contribution in [-0.4, -0.2) is 30.3 Å². The Labute approximate surface area is 181 Å². The van der Waals surface area contributed by atoms with Crippen LogP contribution in [0.3, 0.4) is 0 Å². The molecule has 9 nitrogen and oxygen atoms in total. The number of rotatable bonds is 8. The number of hydrogen-bond acceptors (Lipinski definition) is 7. The fourth-order valence-corrected chi connectivity index (χ4v) is 2.92. The van der Waals surface area contributed by atoms with Gasteiger partial charge in [0.2, 0.25) is 5.76 Å². The van der Waals surface area contributed by atoms with E-state index in [0.717, 1.165) is 5.39 Å². The standard InChI is InChI=1S/C23H18N2O7/c1-29-20-10-14(6-8-18(20)30-13-16-7-9-19(31-16)23(27)28)12-24-25-22(26)21-11-15-4-2-3-5-17(15)32-21/h2-12H,13H2,1H3,(H,25,26)(H,27,28)/b24-12+. The van der Waals surface area contributed by atoms with Gasteiger partial charge in [-0.3, -0.25) is 4.79 Å². The van der Waals surface area contributed by atoms with Crippen molar-refractivity contribution in [3.8, 4) is 11.5 Å².